The number of aliphatic imine (C=N–C) groups is 1. The number of methoxy groups -OCH3 is 1. The molecule has 2 rings (SSSR count). The molecule has 0 saturated carbocycles. The fraction of sp³-hybridized carbons (Fsp3) is 0.385. The number of carbonyl (C=O) groups is 2. The molecule has 0 aliphatic carbocycles. The Kier molecular flexibility index (Phi) is 10.8. The monoisotopic (exact) mass is 498 g/mol. The molecule has 0 spiro atoms. The van der Waals surface area contributed by atoms with Crippen molar-refractivity contribution in [1.29, 1.82) is 0 Å². The number of rotatable bonds is 10. The maximum Gasteiger partial charge on any atom is 0.408 e. The summed E-state index contributed by atoms with van der Waals surface area (Å²) in [6.07, 6.45) is 7.76. The smallest absolute Gasteiger partial charge is 0.408 e. The Balaban J connectivity index is 2.09. The highest BCUT2D eigenvalue weighted by Crippen LogP contribution is 2.27. The van der Waals surface area contributed by atoms with Crippen LogP contribution >= 0.6 is 11.3 Å². The van der Waals surface area contributed by atoms with Crippen LogP contribution in [0.4, 0.5) is 9.93 Å². The summed E-state index contributed by atoms with van der Waals surface area (Å²) in [6, 6.07) is 7.07. The molecule has 1 unspecified atom stereocenters. The maximum atomic E-state index is 12.7. The molecule has 2 aromatic rings. The normalized spacial score (nSPS) is 13.3. The molecule has 2 amide bonds. The van der Waals surface area contributed by atoms with Gasteiger partial charge in [-0.3, -0.25) is 9.79 Å². The second-order valence-electron chi connectivity index (χ2n) is 8.70. The van der Waals surface area contributed by atoms with Crippen LogP contribution in [0.3, 0.4) is 0 Å². The van der Waals surface area contributed by atoms with Crippen LogP contribution < -0.4 is 10.6 Å². The molecule has 1 heterocycles. The van der Waals surface area contributed by atoms with Crippen LogP contribution in [0, 0.1) is 0 Å². The number of alkyl carbamates (subject to hydrolysis) is 1. The highest BCUT2D eigenvalue weighted by molar-refractivity contribution is 7.14. The number of anilines is 1. The minimum atomic E-state index is -0.924. The van der Waals surface area contributed by atoms with E-state index in [9.17, 15) is 9.59 Å². The van der Waals surface area contributed by atoms with Gasteiger partial charge in [-0.05, 0) is 57.4 Å². The van der Waals surface area contributed by atoms with Crippen molar-refractivity contribution in [3.8, 4) is 11.3 Å². The van der Waals surface area contributed by atoms with Crippen LogP contribution in [0.1, 0.15) is 46.6 Å². The fourth-order valence-corrected chi connectivity index (χ4v) is 3.57. The van der Waals surface area contributed by atoms with Crippen molar-refractivity contribution >= 4 is 40.3 Å². The maximum absolute atomic E-state index is 12.7. The van der Waals surface area contributed by atoms with Crippen LogP contribution in [0.5, 0.6) is 0 Å². The summed E-state index contributed by atoms with van der Waals surface area (Å²) < 4.78 is 10.3. The average molecular weight is 499 g/mol. The number of hydrogen-bond donors (Lipinski definition) is 2. The molecule has 0 bridgehead atoms. The summed E-state index contributed by atoms with van der Waals surface area (Å²) in [5.41, 5.74) is 3.11. The Labute approximate surface area is 211 Å². The zero-order valence-electron chi connectivity index (χ0n) is 21.1. The Bertz CT molecular complexity index is 1080. The number of aromatic nitrogens is 1. The average Bonchev–Trinajstić information content (AvgIpc) is 3.26. The van der Waals surface area contributed by atoms with Gasteiger partial charge in [0.15, 0.2) is 5.13 Å². The molecule has 9 heteroatoms. The van der Waals surface area contributed by atoms with Crippen LogP contribution in [0.15, 0.2) is 53.0 Å². The van der Waals surface area contributed by atoms with Gasteiger partial charge in [-0.1, -0.05) is 31.2 Å². The minimum Gasteiger partial charge on any atom is -0.444 e. The van der Waals surface area contributed by atoms with Crippen molar-refractivity contribution in [1.82, 2.24) is 10.3 Å². The van der Waals surface area contributed by atoms with Crippen molar-refractivity contribution in [3.05, 3.63) is 53.6 Å². The predicted octanol–water partition coefficient (Wildman–Crippen LogP) is 5.69. The van der Waals surface area contributed by atoms with Gasteiger partial charge in [0.1, 0.15) is 11.6 Å². The Morgan fingerprint density at radius 3 is 2.74 bits per heavy atom. The summed E-state index contributed by atoms with van der Waals surface area (Å²) in [6.45, 7) is 9.33. The van der Waals surface area contributed by atoms with Crippen molar-refractivity contribution in [2.24, 2.45) is 4.99 Å². The number of allylic oxidation sites excluding steroid dienone is 3. The third-order valence-corrected chi connectivity index (χ3v) is 5.28. The summed E-state index contributed by atoms with van der Waals surface area (Å²) in [7, 11) is 1.45. The van der Waals surface area contributed by atoms with Crippen molar-refractivity contribution in [2.75, 3.05) is 19.0 Å². The highest BCUT2D eigenvalue weighted by Gasteiger charge is 2.25. The lowest BCUT2D eigenvalue weighted by Gasteiger charge is -2.22. The van der Waals surface area contributed by atoms with E-state index in [2.05, 4.69) is 27.5 Å². The summed E-state index contributed by atoms with van der Waals surface area (Å²) in [4.78, 5) is 33.6. The van der Waals surface area contributed by atoms with Gasteiger partial charge in [0.2, 0.25) is 0 Å². The molecule has 1 aromatic heterocycles. The van der Waals surface area contributed by atoms with Crippen LogP contribution in [0.25, 0.3) is 16.8 Å². The third kappa shape index (κ3) is 9.84. The van der Waals surface area contributed by atoms with Gasteiger partial charge in [0.25, 0.3) is 5.91 Å². The molecule has 0 aliphatic heterocycles. The Morgan fingerprint density at radius 2 is 2.06 bits per heavy atom. The number of carbonyl (C=O) groups excluding carboxylic acids is 2. The van der Waals surface area contributed by atoms with Crippen molar-refractivity contribution in [3.63, 3.8) is 0 Å². The molecule has 0 saturated heterocycles. The molecule has 2 N–H and O–H groups in total. The standard InChI is InChI=1S/C26H34N4O4S/c1-7-8-13-27-14-12-18(2)19-10-9-11-20(15-19)22-17-35-24(28-22)30-23(31)21(16-33-6)29-25(32)34-26(3,4)5/h8-15,17,21H,7,16H2,1-6H3,(H,29,32)(H,28,30,31)/b13-8+,18-12+,27-14+. The fourth-order valence-electron chi connectivity index (χ4n) is 2.85. The summed E-state index contributed by atoms with van der Waals surface area (Å²) in [5.74, 6) is -0.442. The van der Waals surface area contributed by atoms with Gasteiger partial charge in [-0.2, -0.15) is 0 Å². The van der Waals surface area contributed by atoms with E-state index in [1.165, 1.54) is 18.4 Å². The van der Waals surface area contributed by atoms with Crippen LogP contribution in [0.2, 0.25) is 0 Å². The van der Waals surface area contributed by atoms with Gasteiger partial charge in [0, 0.05) is 30.5 Å². The summed E-state index contributed by atoms with van der Waals surface area (Å²) in [5, 5.41) is 7.58. The van der Waals surface area contributed by atoms with Crippen molar-refractivity contribution < 1.29 is 19.1 Å². The van der Waals surface area contributed by atoms with E-state index in [0.717, 1.165) is 28.8 Å². The second-order valence-corrected chi connectivity index (χ2v) is 9.56. The number of hydrogen-bond acceptors (Lipinski definition) is 7. The first-order valence-electron chi connectivity index (χ1n) is 11.3. The van der Waals surface area contributed by atoms with Crippen molar-refractivity contribution in [2.45, 2.75) is 52.7 Å². The van der Waals surface area contributed by atoms with Crippen LogP contribution in [-0.4, -0.2) is 48.6 Å². The molecule has 1 aromatic carbocycles. The highest BCUT2D eigenvalue weighted by atomic mass is 32.1. The van der Waals surface area contributed by atoms with E-state index in [4.69, 9.17) is 9.47 Å². The minimum absolute atomic E-state index is 0.00545. The second kappa shape index (κ2) is 13.6. The molecule has 0 aliphatic rings. The quantitative estimate of drug-likeness (QED) is 0.410. The number of nitrogens with one attached hydrogen (secondary N) is 2. The lowest BCUT2D eigenvalue weighted by molar-refractivity contribution is -0.119. The number of thiazole rings is 1. The first-order chi connectivity index (χ1) is 16.6. The molecule has 0 fully saturated rings. The SMILES string of the molecule is CC/C=C/N=C/C=C(\C)c1cccc(-c2csc(NC(=O)C(COC)NC(=O)OC(C)(C)C)n2)c1. The number of ether oxygens (including phenoxy) is 2. The molecule has 35 heavy (non-hydrogen) atoms. The zero-order chi connectivity index (χ0) is 25.8. The lowest BCUT2D eigenvalue weighted by Crippen LogP contribution is -2.48. The van der Waals surface area contributed by atoms with Gasteiger partial charge < -0.3 is 20.1 Å². The first kappa shape index (κ1) is 27.9. The van der Waals surface area contributed by atoms with E-state index < -0.39 is 23.6 Å². The van der Waals surface area contributed by atoms with Gasteiger partial charge in [-0.15, -0.1) is 11.3 Å². The molecule has 0 radical (unpaired) electrons. The van der Waals surface area contributed by atoms with E-state index in [1.807, 2.05) is 48.7 Å². The molecule has 1 atom stereocenters. The van der Waals surface area contributed by atoms with E-state index in [0.29, 0.717) is 5.13 Å². The molecule has 188 valence electrons. The number of nitrogens with zero attached hydrogens (tertiary/aromatic N) is 2. The van der Waals surface area contributed by atoms with Gasteiger partial charge in [0.05, 0.1) is 12.3 Å². The zero-order valence-corrected chi connectivity index (χ0v) is 21.9. The summed E-state index contributed by atoms with van der Waals surface area (Å²) >= 11 is 1.30. The largest absolute Gasteiger partial charge is 0.444 e. The molecular weight excluding hydrogens is 464 g/mol. The van der Waals surface area contributed by atoms with E-state index in [-0.39, 0.29) is 6.61 Å². The predicted molar refractivity (Wildman–Crippen MR) is 143 cm³/mol. The molecule has 8 nitrogen and oxygen atoms in total. The lowest BCUT2D eigenvalue weighted by atomic mass is 10.0. The van der Waals surface area contributed by atoms with Crippen LogP contribution in [-0.2, 0) is 14.3 Å². The first-order valence-corrected chi connectivity index (χ1v) is 12.2. The topological polar surface area (TPSA) is 102 Å². The number of benzene rings is 1. The van der Waals surface area contributed by atoms with E-state index in [1.54, 1.807) is 33.2 Å². The Morgan fingerprint density at radius 1 is 1.29 bits per heavy atom. The van der Waals surface area contributed by atoms with Gasteiger partial charge in [-0.25, -0.2) is 9.78 Å². The van der Waals surface area contributed by atoms with Gasteiger partial charge >= 0.3 is 6.09 Å². The molecular formula is C26H34N4O4S. The van der Waals surface area contributed by atoms with E-state index >= 15 is 0 Å². The Hall–Kier alpha value is -3.30. The third-order valence-electron chi connectivity index (χ3n) is 4.53. The number of amides is 2.